The van der Waals surface area contributed by atoms with Crippen LogP contribution in [0.4, 0.5) is 0 Å². The summed E-state index contributed by atoms with van der Waals surface area (Å²) in [6.45, 7) is 1.96. The van der Waals surface area contributed by atoms with E-state index in [4.69, 9.17) is 5.41 Å². The van der Waals surface area contributed by atoms with Crippen molar-refractivity contribution in [1.82, 2.24) is 5.32 Å². The largest absolute Gasteiger partial charge is 0.393 e. The molecule has 0 heterocycles. The highest BCUT2D eigenvalue weighted by atomic mass is 14.8. The molecule has 0 radical (unpaired) electrons. The van der Waals surface area contributed by atoms with E-state index < -0.39 is 0 Å². The van der Waals surface area contributed by atoms with Gasteiger partial charge in [0.15, 0.2) is 0 Å². The Balaban J connectivity index is 3.02. The molecule has 12 heavy (non-hydrogen) atoms. The molecule has 0 aromatic carbocycles. The van der Waals surface area contributed by atoms with Crippen LogP contribution in [-0.2, 0) is 0 Å². The molecule has 0 aromatic heterocycles. The van der Waals surface area contributed by atoms with Gasteiger partial charge in [-0.25, -0.2) is 0 Å². The average Bonchev–Trinajstić information content (AvgIpc) is 2.00. The first kappa shape index (κ1) is 8.85. The Morgan fingerprint density at radius 1 is 1.50 bits per heavy atom. The van der Waals surface area contributed by atoms with Gasteiger partial charge in [-0.2, -0.15) is 0 Å². The molecule has 0 unspecified atom stereocenters. The maximum Gasteiger partial charge on any atom is 0.139 e. The maximum atomic E-state index is 7.72. The van der Waals surface area contributed by atoms with Gasteiger partial charge in [-0.1, -0.05) is 17.6 Å². The summed E-state index contributed by atoms with van der Waals surface area (Å²) in [5.41, 5.74) is 3.78. The van der Waals surface area contributed by atoms with Crippen LogP contribution in [0.5, 0.6) is 0 Å². The summed E-state index contributed by atoms with van der Waals surface area (Å²) in [6, 6.07) is 0. The molecule has 1 rings (SSSR count). The van der Waals surface area contributed by atoms with Crippen molar-refractivity contribution in [3.63, 3.8) is 0 Å². The molecule has 0 aromatic rings. The summed E-state index contributed by atoms with van der Waals surface area (Å²) in [5.74, 6) is 0. The van der Waals surface area contributed by atoms with E-state index in [0.29, 0.717) is 5.71 Å². The van der Waals surface area contributed by atoms with Crippen molar-refractivity contribution < 1.29 is 0 Å². The lowest BCUT2D eigenvalue weighted by atomic mass is 9.85. The standard InChI is InChI=1S/C9H13BN2/c1-6-3-8(10)4-7(5-12-2)9(6)11/h3-5,11-12H,10H2,1-2H3/b7-5-,11-9?. The second-order valence-corrected chi connectivity index (χ2v) is 2.98. The molecule has 2 N–H and O–H groups in total. The Morgan fingerprint density at radius 3 is 2.75 bits per heavy atom. The third-order valence-electron chi connectivity index (χ3n) is 1.81. The summed E-state index contributed by atoms with van der Waals surface area (Å²) in [6.07, 6.45) is 5.88. The van der Waals surface area contributed by atoms with Crippen molar-refractivity contribution in [3.8, 4) is 0 Å². The Hall–Kier alpha value is -1.25. The number of hydrogen-bond donors (Lipinski definition) is 2. The highest BCUT2D eigenvalue weighted by Crippen LogP contribution is 2.16. The molecule has 3 heteroatoms. The van der Waals surface area contributed by atoms with E-state index in [-0.39, 0.29) is 0 Å². The SMILES string of the molecule is BC1=C/C(=C/NC)C(=N)C(C)=C1. The van der Waals surface area contributed by atoms with Crippen molar-refractivity contribution in [2.45, 2.75) is 6.92 Å². The van der Waals surface area contributed by atoms with Crippen LogP contribution in [0.2, 0.25) is 0 Å². The lowest BCUT2D eigenvalue weighted by Gasteiger charge is -2.12. The Labute approximate surface area is 74.0 Å². The monoisotopic (exact) mass is 160 g/mol. The van der Waals surface area contributed by atoms with Crippen LogP contribution in [-0.4, -0.2) is 20.6 Å². The molecule has 0 saturated heterocycles. The lowest BCUT2D eigenvalue weighted by molar-refractivity contribution is 1.09. The van der Waals surface area contributed by atoms with Gasteiger partial charge in [0.1, 0.15) is 7.85 Å². The van der Waals surface area contributed by atoms with Crippen LogP contribution in [0.3, 0.4) is 0 Å². The molecule has 0 fully saturated rings. The molecule has 0 saturated carbocycles. The summed E-state index contributed by atoms with van der Waals surface area (Å²) < 4.78 is 0. The third-order valence-corrected chi connectivity index (χ3v) is 1.81. The molecule has 0 bridgehead atoms. The minimum absolute atomic E-state index is 0.606. The zero-order chi connectivity index (χ0) is 9.14. The van der Waals surface area contributed by atoms with E-state index in [2.05, 4.69) is 5.32 Å². The van der Waals surface area contributed by atoms with E-state index in [1.54, 1.807) is 0 Å². The molecule has 1 aliphatic carbocycles. The molecule has 1 aliphatic rings. The van der Waals surface area contributed by atoms with Crippen LogP contribution in [0.1, 0.15) is 6.92 Å². The third kappa shape index (κ3) is 1.67. The second-order valence-electron chi connectivity index (χ2n) is 2.98. The van der Waals surface area contributed by atoms with Crippen LogP contribution in [0.15, 0.2) is 35.0 Å². The van der Waals surface area contributed by atoms with E-state index >= 15 is 0 Å². The molecule has 0 spiro atoms. The summed E-state index contributed by atoms with van der Waals surface area (Å²) >= 11 is 0. The van der Waals surface area contributed by atoms with Crippen molar-refractivity contribution in [3.05, 3.63) is 35.0 Å². The van der Waals surface area contributed by atoms with Crippen molar-refractivity contribution in [1.29, 1.82) is 5.41 Å². The first-order valence-electron chi connectivity index (χ1n) is 3.98. The molecular weight excluding hydrogens is 147 g/mol. The average molecular weight is 160 g/mol. The quantitative estimate of drug-likeness (QED) is 0.541. The van der Waals surface area contributed by atoms with Gasteiger partial charge in [-0.3, -0.25) is 5.41 Å². The fraction of sp³-hybridized carbons (Fsp3) is 0.222. The highest BCUT2D eigenvalue weighted by molar-refractivity contribution is 6.27. The van der Waals surface area contributed by atoms with Gasteiger partial charge in [0.05, 0.1) is 5.71 Å². The normalized spacial score (nSPS) is 20.5. The Kier molecular flexibility index (Phi) is 2.53. The fourth-order valence-electron chi connectivity index (χ4n) is 1.27. The van der Waals surface area contributed by atoms with Crippen LogP contribution in [0, 0.1) is 5.41 Å². The van der Waals surface area contributed by atoms with Crippen LogP contribution in [0.25, 0.3) is 0 Å². The van der Waals surface area contributed by atoms with Gasteiger partial charge in [-0.15, -0.1) is 0 Å². The van der Waals surface area contributed by atoms with Gasteiger partial charge in [0.25, 0.3) is 0 Å². The fourth-order valence-corrected chi connectivity index (χ4v) is 1.27. The van der Waals surface area contributed by atoms with E-state index in [1.807, 2.05) is 40.2 Å². The summed E-state index contributed by atoms with van der Waals surface area (Å²) in [5, 5.41) is 10.7. The summed E-state index contributed by atoms with van der Waals surface area (Å²) in [7, 11) is 3.89. The zero-order valence-corrected chi connectivity index (χ0v) is 7.73. The number of allylic oxidation sites excluding steroid dienone is 5. The molecule has 2 nitrogen and oxygen atoms in total. The molecular formula is C9H13BN2. The number of nitrogens with one attached hydrogen (secondary N) is 2. The van der Waals surface area contributed by atoms with Gasteiger partial charge in [-0.05, 0) is 12.5 Å². The predicted molar refractivity (Wildman–Crippen MR) is 55.3 cm³/mol. The first-order chi connectivity index (χ1) is 5.65. The minimum Gasteiger partial charge on any atom is -0.393 e. The Bertz CT molecular complexity index is 298. The topological polar surface area (TPSA) is 35.9 Å². The van der Waals surface area contributed by atoms with Gasteiger partial charge >= 0.3 is 0 Å². The Morgan fingerprint density at radius 2 is 2.17 bits per heavy atom. The van der Waals surface area contributed by atoms with Crippen LogP contribution < -0.4 is 5.32 Å². The predicted octanol–water partition coefficient (Wildman–Crippen LogP) is 0.586. The number of rotatable bonds is 1. The lowest BCUT2D eigenvalue weighted by Crippen LogP contribution is -2.10. The van der Waals surface area contributed by atoms with E-state index in [9.17, 15) is 0 Å². The van der Waals surface area contributed by atoms with E-state index in [0.717, 1.165) is 11.1 Å². The highest BCUT2D eigenvalue weighted by Gasteiger charge is 2.09. The first-order valence-corrected chi connectivity index (χ1v) is 3.98. The van der Waals surface area contributed by atoms with Crippen molar-refractivity contribution >= 4 is 13.6 Å². The van der Waals surface area contributed by atoms with E-state index in [1.165, 1.54) is 5.47 Å². The molecule has 0 atom stereocenters. The minimum atomic E-state index is 0.606. The molecule has 0 aliphatic heterocycles. The van der Waals surface area contributed by atoms with Gasteiger partial charge in [0, 0.05) is 18.8 Å². The molecule has 62 valence electrons. The van der Waals surface area contributed by atoms with Gasteiger partial charge in [0.2, 0.25) is 0 Å². The zero-order valence-electron chi connectivity index (χ0n) is 7.73. The maximum absolute atomic E-state index is 7.72. The van der Waals surface area contributed by atoms with Crippen molar-refractivity contribution in [2.75, 3.05) is 7.05 Å². The molecule has 0 amide bonds. The summed E-state index contributed by atoms with van der Waals surface area (Å²) in [4.78, 5) is 0. The number of hydrogen-bond acceptors (Lipinski definition) is 2. The van der Waals surface area contributed by atoms with Gasteiger partial charge < -0.3 is 5.32 Å². The second kappa shape index (κ2) is 3.43. The van der Waals surface area contributed by atoms with Crippen LogP contribution >= 0.6 is 0 Å². The smallest absolute Gasteiger partial charge is 0.139 e. The van der Waals surface area contributed by atoms with Crippen molar-refractivity contribution in [2.24, 2.45) is 0 Å².